The van der Waals surface area contributed by atoms with E-state index in [1.54, 1.807) is 7.11 Å². The van der Waals surface area contributed by atoms with E-state index in [0.717, 1.165) is 88.8 Å². The monoisotopic (exact) mass is 871 g/mol. The summed E-state index contributed by atoms with van der Waals surface area (Å²) in [4.78, 5) is 33.8. The topological polar surface area (TPSA) is 134 Å². The molecule has 2 heterocycles. The summed E-state index contributed by atoms with van der Waals surface area (Å²) in [6.45, 7) is 7.51. The zero-order valence-electron chi connectivity index (χ0n) is 40.0. The number of allylic oxidation sites excluding steroid dienone is 1. The Morgan fingerprint density at radius 2 is 1.67 bits per heavy atom. The zero-order chi connectivity index (χ0) is 44.5. The molecule has 14 atom stereocenters. The van der Waals surface area contributed by atoms with Crippen LogP contribution in [0.25, 0.3) is 0 Å². The van der Waals surface area contributed by atoms with Crippen molar-refractivity contribution in [3.05, 3.63) is 17.7 Å². The maximum Gasteiger partial charge on any atom is 0.177 e. The van der Waals surface area contributed by atoms with E-state index in [1.807, 2.05) is 6.21 Å². The van der Waals surface area contributed by atoms with Gasteiger partial charge < -0.3 is 26.0 Å². The summed E-state index contributed by atoms with van der Waals surface area (Å²) in [5.41, 5.74) is 7.46. The van der Waals surface area contributed by atoms with Crippen LogP contribution < -0.4 is 11.1 Å². The van der Waals surface area contributed by atoms with Gasteiger partial charge in [-0.15, -0.1) is 4.99 Å². The molecule has 1 saturated heterocycles. The molecule has 0 aromatic carbocycles. The van der Waals surface area contributed by atoms with Crippen molar-refractivity contribution in [2.45, 2.75) is 206 Å². The van der Waals surface area contributed by atoms with Gasteiger partial charge in [0.25, 0.3) is 0 Å². The third-order valence-corrected chi connectivity index (χ3v) is 17.9. The average molecular weight is 871 g/mol. The highest BCUT2D eigenvalue weighted by Gasteiger charge is 2.49. The number of aliphatic hydroxyl groups is 2. The van der Waals surface area contributed by atoms with Crippen molar-refractivity contribution in [2.24, 2.45) is 87.7 Å². The van der Waals surface area contributed by atoms with Gasteiger partial charge in [0.2, 0.25) is 0 Å². The first-order valence-corrected chi connectivity index (χ1v) is 26.6. The molecule has 8 nitrogen and oxygen atoms in total. The maximum absolute atomic E-state index is 14.9. The fourth-order valence-electron chi connectivity index (χ4n) is 14.5. The molecule has 0 radical (unpaired) electrons. The Morgan fingerprint density at radius 1 is 0.905 bits per heavy atom. The van der Waals surface area contributed by atoms with Crippen molar-refractivity contribution >= 4 is 17.8 Å². The summed E-state index contributed by atoms with van der Waals surface area (Å²) in [5.74, 6) is 12.3. The van der Waals surface area contributed by atoms with Crippen LogP contribution in [-0.2, 0) is 14.3 Å². The minimum Gasteiger partial charge on any atom is -0.391 e. The molecule has 2 aliphatic heterocycles. The van der Waals surface area contributed by atoms with E-state index >= 15 is 0 Å². The number of carbonyl (C=O) groups is 2. The van der Waals surface area contributed by atoms with Crippen molar-refractivity contribution in [1.82, 2.24) is 5.32 Å². The first-order valence-electron chi connectivity index (χ1n) is 26.6. The van der Waals surface area contributed by atoms with Crippen molar-refractivity contribution in [3.8, 4) is 11.8 Å². The third kappa shape index (κ3) is 12.9. The normalized spacial score (nSPS) is 37.5. The van der Waals surface area contributed by atoms with Crippen LogP contribution in [0.4, 0.5) is 0 Å². The lowest BCUT2D eigenvalue weighted by Gasteiger charge is -2.49. The number of fused-ring (bicyclic) bond motifs is 2. The van der Waals surface area contributed by atoms with Crippen molar-refractivity contribution < 1.29 is 24.5 Å². The summed E-state index contributed by atoms with van der Waals surface area (Å²) in [5, 5.41) is 28.0. The highest BCUT2D eigenvalue weighted by Crippen LogP contribution is 2.51. The molecule has 5 fully saturated rings. The summed E-state index contributed by atoms with van der Waals surface area (Å²) in [6, 6.07) is 0. The Balaban J connectivity index is 1.26. The number of aliphatic imine (C=N–C) groups is 1. The fraction of sp³-hybridized carbons (Fsp3) is 0.855. The Hall–Kier alpha value is -2.02. The van der Waals surface area contributed by atoms with Crippen LogP contribution in [-0.4, -0.2) is 66.1 Å². The molecular weight excluding hydrogens is 783 g/mol. The minimum absolute atomic E-state index is 0.00744. The van der Waals surface area contributed by atoms with Crippen LogP contribution >= 0.6 is 0 Å². The molecule has 4 saturated carbocycles. The number of hydrogen-bond acceptors (Lipinski definition) is 8. The van der Waals surface area contributed by atoms with E-state index in [1.165, 1.54) is 70.1 Å². The molecule has 63 heavy (non-hydrogen) atoms. The number of ether oxygens (including phenoxy) is 1. The molecule has 0 aromatic rings. The number of nitrogens with two attached hydrogens (primary N) is 1. The van der Waals surface area contributed by atoms with Crippen molar-refractivity contribution in [3.63, 3.8) is 0 Å². The van der Waals surface area contributed by atoms with E-state index < -0.39 is 12.2 Å². The molecule has 5 N–H and O–H groups in total. The lowest BCUT2D eigenvalue weighted by atomic mass is 9.57. The van der Waals surface area contributed by atoms with Gasteiger partial charge in [-0.2, -0.15) is 0 Å². The molecule has 7 aliphatic rings. The van der Waals surface area contributed by atoms with Gasteiger partial charge in [0.15, 0.2) is 5.70 Å². The number of methoxy groups -OCH3 is 1. The molecule has 5 aliphatic carbocycles. The van der Waals surface area contributed by atoms with E-state index in [2.05, 4.69) is 44.0 Å². The predicted octanol–water partition coefficient (Wildman–Crippen LogP) is 10.2. The van der Waals surface area contributed by atoms with Gasteiger partial charge in [0.1, 0.15) is 29.8 Å². The summed E-state index contributed by atoms with van der Waals surface area (Å²) in [7, 11) is 1.75. The average Bonchev–Trinajstić information content (AvgIpc) is 3.67. The first kappa shape index (κ1) is 48.9. The minimum atomic E-state index is -0.560. The second-order valence-corrected chi connectivity index (χ2v) is 22.5. The van der Waals surface area contributed by atoms with E-state index in [4.69, 9.17) is 15.5 Å². The molecule has 7 rings (SSSR count). The number of piperidine rings is 1. The quantitative estimate of drug-likeness (QED) is 0.0776. The van der Waals surface area contributed by atoms with E-state index in [-0.39, 0.29) is 77.6 Å². The molecule has 0 amide bonds. The number of Topliss-reactive ketones (excluding diaryl/α,β-unsaturated/α-hetero) is 2. The molecule has 352 valence electrons. The summed E-state index contributed by atoms with van der Waals surface area (Å²) < 4.78 is 6.09. The van der Waals surface area contributed by atoms with Crippen LogP contribution in [0.15, 0.2) is 16.8 Å². The SMILES string of the molecule is CCCC(C(O)CC1=C[C+](C(C)C)C=N1)C1CC(CC2CCNC(N)C2)CC2C#CC(C3CCCCC3)C3C(CCC(=O)CC(=O)C2C1)CC(OC)C(O)C3CCC1CCCCC1. The lowest BCUT2D eigenvalue weighted by Crippen LogP contribution is -2.51. The highest BCUT2D eigenvalue weighted by atomic mass is 16.5. The van der Waals surface area contributed by atoms with Gasteiger partial charge >= 0.3 is 0 Å². The predicted molar refractivity (Wildman–Crippen MR) is 254 cm³/mol. The molecule has 0 bridgehead atoms. The van der Waals surface area contributed by atoms with Crippen LogP contribution in [0.1, 0.15) is 181 Å². The van der Waals surface area contributed by atoms with E-state index in [0.29, 0.717) is 42.9 Å². The van der Waals surface area contributed by atoms with Crippen LogP contribution in [0.2, 0.25) is 0 Å². The number of hydrogen-bond donors (Lipinski definition) is 4. The Labute approximate surface area is 383 Å². The van der Waals surface area contributed by atoms with E-state index in [9.17, 15) is 19.8 Å². The van der Waals surface area contributed by atoms with Gasteiger partial charge in [-0.1, -0.05) is 83.0 Å². The van der Waals surface area contributed by atoms with Crippen molar-refractivity contribution in [1.29, 1.82) is 0 Å². The van der Waals surface area contributed by atoms with Gasteiger partial charge in [0, 0.05) is 37.2 Å². The number of carbonyl (C=O) groups excluding carboxylic acids is 2. The molecule has 0 spiro atoms. The number of ketones is 2. The largest absolute Gasteiger partial charge is 0.391 e. The van der Waals surface area contributed by atoms with Gasteiger partial charge in [-0.25, -0.2) is 0 Å². The number of aliphatic hydroxyl groups excluding tert-OH is 2. The Kier molecular flexibility index (Phi) is 18.3. The Bertz CT molecular complexity index is 1590. The number of rotatable bonds is 14. The van der Waals surface area contributed by atoms with Gasteiger partial charge in [-0.05, 0) is 151 Å². The Morgan fingerprint density at radius 3 is 2.37 bits per heavy atom. The number of nitrogens with one attached hydrogen (secondary N) is 1. The summed E-state index contributed by atoms with van der Waals surface area (Å²) >= 11 is 0. The molecule has 0 aromatic heterocycles. The zero-order valence-corrected chi connectivity index (χ0v) is 40.0. The van der Waals surface area contributed by atoms with Gasteiger partial charge in [-0.3, -0.25) is 9.59 Å². The standard InChI is InChI=1S/C55H88N3O5/c1-5-12-46(50(60)32-44-29-43(34-58-44)35(2)3)42-27-38(25-37-23-24-57-53(56)28-37)26-40-19-22-47(39-15-10-7-11-16-39)54-41(18-20-45(59)33-51(61)49(40)30-42)31-52(63-4)55(62)48(54)21-17-36-13-8-6-9-14-36/h29,34-42,46-50,52-55,57,60,62H,5-18,20-21,23-28,30-33,56H2,1-4H3/q+1. The second kappa shape index (κ2) is 23.6. The molecule has 8 heteroatoms. The molecule has 14 unspecified atom stereocenters. The number of nitrogens with zero attached hydrogens (tertiary/aromatic N) is 1. The maximum atomic E-state index is 14.9. The fourth-order valence-corrected chi connectivity index (χ4v) is 14.5. The van der Waals surface area contributed by atoms with Crippen LogP contribution in [0.5, 0.6) is 0 Å². The van der Waals surface area contributed by atoms with Crippen molar-refractivity contribution in [2.75, 3.05) is 13.7 Å². The van der Waals surface area contributed by atoms with Crippen LogP contribution in [0.3, 0.4) is 0 Å². The molecular formula is C55H88N3O5+. The highest BCUT2D eigenvalue weighted by molar-refractivity contribution is 6.00. The second-order valence-electron chi connectivity index (χ2n) is 22.5. The smallest absolute Gasteiger partial charge is 0.177 e. The van der Waals surface area contributed by atoms with Gasteiger partial charge in [0.05, 0.1) is 37.3 Å². The van der Waals surface area contributed by atoms with Crippen LogP contribution in [0, 0.1) is 94.7 Å². The lowest BCUT2D eigenvalue weighted by molar-refractivity contribution is -0.133. The summed E-state index contributed by atoms with van der Waals surface area (Å²) in [6.07, 6.45) is 27.4. The third-order valence-electron chi connectivity index (χ3n) is 17.9. The first-order chi connectivity index (χ1) is 30.5.